The number of nitrogens with one attached hydrogen (secondary N) is 1. The molecule has 0 aliphatic rings. The van der Waals surface area contributed by atoms with Crippen LogP contribution in [0, 0.1) is 4.77 Å². The molecule has 1 N–H and O–H groups in total. The van der Waals surface area contributed by atoms with E-state index in [0.29, 0.717) is 20.6 Å². The fourth-order valence-corrected chi connectivity index (χ4v) is 3.71. The molecule has 3 aromatic rings. The molecule has 0 saturated carbocycles. The first-order chi connectivity index (χ1) is 11.2. The van der Waals surface area contributed by atoms with Gasteiger partial charge in [0, 0.05) is 5.75 Å². The maximum atomic E-state index is 6.31. The van der Waals surface area contributed by atoms with E-state index in [4.69, 9.17) is 35.4 Å². The molecule has 2 aromatic carbocycles. The normalized spacial score (nSPS) is 10.9. The Morgan fingerprint density at radius 2 is 1.83 bits per heavy atom. The van der Waals surface area contributed by atoms with Crippen molar-refractivity contribution in [1.29, 1.82) is 0 Å². The van der Waals surface area contributed by atoms with E-state index < -0.39 is 0 Å². The summed E-state index contributed by atoms with van der Waals surface area (Å²) in [6, 6.07) is 15.8. The number of aromatic nitrogens is 3. The summed E-state index contributed by atoms with van der Waals surface area (Å²) < 4.78 is 2.34. The van der Waals surface area contributed by atoms with Crippen LogP contribution < -0.4 is 0 Å². The van der Waals surface area contributed by atoms with Crippen molar-refractivity contribution in [2.24, 2.45) is 0 Å². The highest BCUT2D eigenvalue weighted by atomic mass is 35.5. The van der Waals surface area contributed by atoms with Gasteiger partial charge in [0.1, 0.15) is 5.82 Å². The van der Waals surface area contributed by atoms with E-state index in [1.165, 1.54) is 5.56 Å². The fourth-order valence-electron chi connectivity index (χ4n) is 2.17. The summed E-state index contributed by atoms with van der Waals surface area (Å²) in [5.41, 5.74) is 2.02. The number of aromatic amines is 1. The van der Waals surface area contributed by atoms with Crippen LogP contribution in [0.15, 0.2) is 48.5 Å². The number of thioether (sulfide) groups is 1. The van der Waals surface area contributed by atoms with Crippen molar-refractivity contribution in [3.05, 3.63) is 74.7 Å². The van der Waals surface area contributed by atoms with Gasteiger partial charge in [-0.25, -0.2) is 0 Å². The Morgan fingerprint density at radius 1 is 1.04 bits per heavy atom. The van der Waals surface area contributed by atoms with Crippen LogP contribution in [0.5, 0.6) is 0 Å². The summed E-state index contributed by atoms with van der Waals surface area (Å²) in [5, 5.41) is 8.12. The predicted octanol–water partition coefficient (Wildman–Crippen LogP) is 5.67. The minimum Gasteiger partial charge on any atom is -0.270 e. The zero-order valence-electron chi connectivity index (χ0n) is 12.0. The summed E-state index contributed by atoms with van der Waals surface area (Å²) in [6.45, 7) is 0. The van der Waals surface area contributed by atoms with Gasteiger partial charge in [0.15, 0.2) is 4.77 Å². The molecule has 118 valence electrons. The molecule has 0 saturated heterocycles. The standard InChI is InChI=1S/C16H13Cl2N3S2/c17-12-7-4-8-13(15(12)18)21-14(19-20-16(21)22)10-23-9-11-5-2-1-3-6-11/h1-8H,9-10H2,(H,20,22). The molecule has 0 spiro atoms. The largest absolute Gasteiger partial charge is 0.270 e. The number of benzene rings is 2. The Labute approximate surface area is 153 Å². The molecule has 0 bridgehead atoms. The van der Waals surface area contributed by atoms with Crippen molar-refractivity contribution < 1.29 is 0 Å². The number of halogens is 2. The van der Waals surface area contributed by atoms with Crippen molar-refractivity contribution in [2.45, 2.75) is 11.5 Å². The maximum Gasteiger partial charge on any atom is 0.199 e. The lowest BCUT2D eigenvalue weighted by molar-refractivity contribution is 0.949. The molecule has 3 rings (SSSR count). The van der Waals surface area contributed by atoms with E-state index >= 15 is 0 Å². The molecule has 1 aromatic heterocycles. The van der Waals surface area contributed by atoms with Crippen molar-refractivity contribution in [3.63, 3.8) is 0 Å². The van der Waals surface area contributed by atoms with Gasteiger partial charge in [-0.05, 0) is 29.9 Å². The molecule has 7 heteroatoms. The first kappa shape index (κ1) is 16.6. The van der Waals surface area contributed by atoms with Crippen molar-refractivity contribution in [2.75, 3.05) is 0 Å². The third-order valence-electron chi connectivity index (χ3n) is 3.26. The minimum absolute atomic E-state index is 0.473. The van der Waals surface area contributed by atoms with E-state index in [0.717, 1.165) is 17.3 Å². The van der Waals surface area contributed by atoms with Crippen LogP contribution in [0.3, 0.4) is 0 Å². The number of hydrogen-bond acceptors (Lipinski definition) is 3. The zero-order chi connectivity index (χ0) is 16.2. The molecule has 1 heterocycles. The minimum atomic E-state index is 0.473. The molecule has 0 aliphatic carbocycles. The molecule has 23 heavy (non-hydrogen) atoms. The molecular formula is C16H13Cl2N3S2. The Bertz CT molecular complexity index is 859. The van der Waals surface area contributed by atoms with Gasteiger partial charge in [0.2, 0.25) is 0 Å². The SMILES string of the molecule is S=c1[nH]nc(CSCc2ccccc2)n1-c1cccc(Cl)c1Cl. The lowest BCUT2D eigenvalue weighted by Crippen LogP contribution is -2.01. The van der Waals surface area contributed by atoms with Crippen LogP contribution in [0.25, 0.3) is 5.69 Å². The highest BCUT2D eigenvalue weighted by molar-refractivity contribution is 7.97. The molecule has 0 radical (unpaired) electrons. The molecule has 0 amide bonds. The van der Waals surface area contributed by atoms with Crippen molar-refractivity contribution >= 4 is 47.2 Å². The zero-order valence-corrected chi connectivity index (χ0v) is 15.1. The summed E-state index contributed by atoms with van der Waals surface area (Å²) in [7, 11) is 0. The quantitative estimate of drug-likeness (QED) is 0.577. The average Bonchev–Trinajstić information content (AvgIpc) is 2.92. The van der Waals surface area contributed by atoms with Gasteiger partial charge >= 0.3 is 0 Å². The second-order valence-corrected chi connectivity index (χ2v) is 6.99. The highest BCUT2D eigenvalue weighted by Gasteiger charge is 2.13. The van der Waals surface area contributed by atoms with Crippen LogP contribution >= 0.6 is 47.2 Å². The molecule has 3 nitrogen and oxygen atoms in total. The third kappa shape index (κ3) is 3.80. The van der Waals surface area contributed by atoms with E-state index in [-0.39, 0.29) is 0 Å². The van der Waals surface area contributed by atoms with Crippen molar-refractivity contribution in [1.82, 2.24) is 14.8 Å². The molecule has 0 fully saturated rings. The Morgan fingerprint density at radius 3 is 2.61 bits per heavy atom. The van der Waals surface area contributed by atoms with Crippen molar-refractivity contribution in [3.8, 4) is 5.69 Å². The number of nitrogens with zero attached hydrogens (tertiary/aromatic N) is 2. The van der Waals surface area contributed by atoms with Gasteiger partial charge < -0.3 is 0 Å². The number of H-pyrrole nitrogens is 1. The predicted molar refractivity (Wildman–Crippen MR) is 100 cm³/mol. The van der Waals surface area contributed by atoms with Gasteiger partial charge in [-0.3, -0.25) is 9.67 Å². The number of hydrogen-bond donors (Lipinski definition) is 1. The van der Waals surface area contributed by atoms with Gasteiger partial charge in [-0.2, -0.15) is 5.10 Å². The summed E-state index contributed by atoms with van der Waals surface area (Å²) >= 11 is 19.5. The molecule has 0 unspecified atom stereocenters. The van der Waals surface area contributed by atoms with Crippen LogP contribution in [0.4, 0.5) is 0 Å². The molecular weight excluding hydrogens is 369 g/mol. The van der Waals surface area contributed by atoms with Gasteiger partial charge in [0.05, 0.1) is 21.5 Å². The first-order valence-corrected chi connectivity index (χ1v) is 9.21. The molecule has 0 atom stereocenters. The summed E-state index contributed by atoms with van der Waals surface area (Å²) in [6.07, 6.45) is 0. The van der Waals surface area contributed by atoms with E-state index in [2.05, 4.69) is 22.3 Å². The second kappa shape index (κ2) is 7.53. The maximum absolute atomic E-state index is 6.31. The first-order valence-electron chi connectivity index (χ1n) is 6.89. The monoisotopic (exact) mass is 381 g/mol. The third-order valence-corrected chi connectivity index (χ3v) is 5.34. The Kier molecular flexibility index (Phi) is 5.43. The van der Waals surface area contributed by atoms with Crippen LogP contribution in [0.1, 0.15) is 11.4 Å². The van der Waals surface area contributed by atoms with Gasteiger partial charge in [0.25, 0.3) is 0 Å². The average molecular weight is 382 g/mol. The lowest BCUT2D eigenvalue weighted by Gasteiger charge is -2.09. The smallest absolute Gasteiger partial charge is 0.199 e. The summed E-state index contributed by atoms with van der Waals surface area (Å²) in [4.78, 5) is 0. The number of rotatable bonds is 5. The van der Waals surface area contributed by atoms with Crippen LogP contribution in [-0.4, -0.2) is 14.8 Å². The second-order valence-electron chi connectivity index (χ2n) is 4.83. The topological polar surface area (TPSA) is 33.6 Å². The van der Waals surface area contributed by atoms with Gasteiger partial charge in [-0.1, -0.05) is 59.6 Å². The lowest BCUT2D eigenvalue weighted by atomic mass is 10.2. The molecule has 0 aliphatic heterocycles. The fraction of sp³-hybridized carbons (Fsp3) is 0.125. The van der Waals surface area contributed by atoms with E-state index in [9.17, 15) is 0 Å². The Balaban J connectivity index is 1.82. The Hall–Kier alpha value is -1.27. The summed E-state index contributed by atoms with van der Waals surface area (Å²) in [5.74, 6) is 2.44. The van der Waals surface area contributed by atoms with Gasteiger partial charge in [-0.15, -0.1) is 11.8 Å². The van der Waals surface area contributed by atoms with Crippen LogP contribution in [-0.2, 0) is 11.5 Å². The highest BCUT2D eigenvalue weighted by Crippen LogP contribution is 2.30. The van der Waals surface area contributed by atoms with E-state index in [1.54, 1.807) is 17.8 Å². The van der Waals surface area contributed by atoms with E-state index in [1.807, 2.05) is 34.9 Å². The van der Waals surface area contributed by atoms with Crippen LogP contribution in [0.2, 0.25) is 10.0 Å².